The van der Waals surface area contributed by atoms with Crippen LogP contribution in [0.3, 0.4) is 0 Å². The first-order valence-electron chi connectivity index (χ1n) is 10.3. The predicted octanol–water partition coefficient (Wildman–Crippen LogP) is 4.27. The van der Waals surface area contributed by atoms with Crippen molar-refractivity contribution in [2.75, 3.05) is 0 Å². The molecule has 0 heterocycles. The number of ether oxygens (including phenoxy) is 1. The number of carboxylic acids is 1. The van der Waals surface area contributed by atoms with Crippen molar-refractivity contribution in [1.82, 2.24) is 0 Å². The van der Waals surface area contributed by atoms with Gasteiger partial charge in [-0.15, -0.1) is 0 Å². The van der Waals surface area contributed by atoms with Crippen molar-refractivity contribution in [2.24, 2.45) is 23.7 Å². The standard InChI is InChI=1S/C23H34O5/c1-14(2)23(27)28-20-7-5-6-17-10-9-16(4)19(22(17)20)11-8-15(3)12-18(24)13-21(25)26/h6,9-10,14,16,18-20,22,24H,3,5,7-8,11-13H2,1-2,4H3,(H,25,26). The number of rotatable bonds is 9. The van der Waals surface area contributed by atoms with Gasteiger partial charge in [-0.25, -0.2) is 0 Å². The van der Waals surface area contributed by atoms with Crippen LogP contribution in [0.15, 0.2) is 36.0 Å². The smallest absolute Gasteiger partial charge is 0.308 e. The number of allylic oxidation sites excluding steroid dienone is 3. The molecule has 0 fully saturated rings. The molecule has 0 spiro atoms. The minimum Gasteiger partial charge on any atom is -0.481 e. The van der Waals surface area contributed by atoms with Crippen LogP contribution >= 0.6 is 0 Å². The fourth-order valence-electron chi connectivity index (χ4n) is 4.32. The first kappa shape index (κ1) is 22.4. The number of hydrogen-bond donors (Lipinski definition) is 2. The van der Waals surface area contributed by atoms with Crippen molar-refractivity contribution in [2.45, 2.75) is 71.5 Å². The van der Waals surface area contributed by atoms with Gasteiger partial charge in [-0.05, 0) is 49.5 Å². The zero-order chi connectivity index (χ0) is 20.8. The minimum atomic E-state index is -1.00. The maximum Gasteiger partial charge on any atom is 0.308 e. The van der Waals surface area contributed by atoms with E-state index in [1.165, 1.54) is 5.57 Å². The Morgan fingerprint density at radius 1 is 1.32 bits per heavy atom. The largest absolute Gasteiger partial charge is 0.481 e. The zero-order valence-electron chi connectivity index (χ0n) is 17.3. The molecule has 2 N–H and O–H groups in total. The lowest BCUT2D eigenvalue weighted by molar-refractivity contribution is -0.157. The van der Waals surface area contributed by atoms with Crippen LogP contribution < -0.4 is 0 Å². The molecule has 0 saturated heterocycles. The van der Waals surface area contributed by atoms with Crippen LogP contribution in [0.2, 0.25) is 0 Å². The molecule has 0 amide bonds. The van der Waals surface area contributed by atoms with Crippen molar-refractivity contribution in [3.05, 3.63) is 36.0 Å². The summed E-state index contributed by atoms with van der Waals surface area (Å²) >= 11 is 0. The Morgan fingerprint density at radius 3 is 2.68 bits per heavy atom. The van der Waals surface area contributed by atoms with Gasteiger partial charge in [-0.3, -0.25) is 9.59 Å². The second kappa shape index (κ2) is 10.1. The molecular formula is C23H34O5. The number of carbonyl (C=O) groups excluding carboxylic acids is 1. The highest BCUT2D eigenvalue weighted by atomic mass is 16.5. The van der Waals surface area contributed by atoms with Crippen molar-refractivity contribution in [3.8, 4) is 0 Å². The Balaban J connectivity index is 2.04. The molecule has 156 valence electrons. The molecule has 0 aromatic carbocycles. The van der Waals surface area contributed by atoms with Gasteiger partial charge in [0, 0.05) is 5.92 Å². The molecule has 5 heteroatoms. The molecule has 5 atom stereocenters. The molecule has 0 saturated carbocycles. The number of aliphatic hydroxyl groups excluding tert-OH is 1. The second-order valence-electron chi connectivity index (χ2n) is 8.56. The maximum absolute atomic E-state index is 12.2. The van der Waals surface area contributed by atoms with Crippen LogP contribution in [0.25, 0.3) is 0 Å². The van der Waals surface area contributed by atoms with Gasteiger partial charge >= 0.3 is 11.9 Å². The minimum absolute atomic E-state index is 0.0989. The van der Waals surface area contributed by atoms with E-state index in [0.717, 1.165) is 31.3 Å². The van der Waals surface area contributed by atoms with Crippen LogP contribution in [-0.2, 0) is 14.3 Å². The molecule has 0 aliphatic heterocycles. The van der Waals surface area contributed by atoms with E-state index in [0.29, 0.717) is 18.3 Å². The summed E-state index contributed by atoms with van der Waals surface area (Å²) in [5.74, 6) is -0.410. The van der Waals surface area contributed by atoms with Crippen molar-refractivity contribution in [1.29, 1.82) is 0 Å². The lowest BCUT2D eigenvalue weighted by atomic mass is 9.66. The van der Waals surface area contributed by atoms with Crippen molar-refractivity contribution >= 4 is 11.9 Å². The summed E-state index contributed by atoms with van der Waals surface area (Å²) in [6.45, 7) is 9.94. The SMILES string of the molecule is C=C(CCC1C(C)C=CC2=CCCC(OC(=O)C(C)C)C21)CC(O)CC(=O)O. The third kappa shape index (κ3) is 6.06. The molecule has 5 unspecified atom stereocenters. The average Bonchev–Trinajstić information content (AvgIpc) is 2.60. The third-order valence-electron chi connectivity index (χ3n) is 5.85. The van der Waals surface area contributed by atoms with E-state index in [1.54, 1.807) is 0 Å². The summed E-state index contributed by atoms with van der Waals surface area (Å²) < 4.78 is 5.87. The van der Waals surface area contributed by atoms with Crippen molar-refractivity contribution in [3.63, 3.8) is 0 Å². The Labute approximate surface area is 168 Å². The quantitative estimate of drug-likeness (QED) is 0.454. The summed E-state index contributed by atoms with van der Waals surface area (Å²) in [7, 11) is 0. The van der Waals surface area contributed by atoms with E-state index in [1.807, 2.05) is 13.8 Å². The van der Waals surface area contributed by atoms with Gasteiger partial charge in [-0.2, -0.15) is 0 Å². The second-order valence-corrected chi connectivity index (χ2v) is 8.56. The number of hydrogen-bond acceptors (Lipinski definition) is 4. The number of carboxylic acid groups (broad SMARTS) is 1. The fourth-order valence-corrected chi connectivity index (χ4v) is 4.32. The van der Waals surface area contributed by atoms with Crippen LogP contribution in [-0.4, -0.2) is 34.4 Å². The Hall–Kier alpha value is -1.88. The molecule has 5 nitrogen and oxygen atoms in total. The number of aliphatic carboxylic acids is 1. The van der Waals surface area contributed by atoms with E-state index < -0.39 is 12.1 Å². The van der Waals surface area contributed by atoms with E-state index >= 15 is 0 Å². The number of carbonyl (C=O) groups is 2. The van der Waals surface area contributed by atoms with Crippen LogP contribution in [0.4, 0.5) is 0 Å². The molecule has 2 aliphatic rings. The van der Waals surface area contributed by atoms with Gasteiger partial charge in [0.15, 0.2) is 0 Å². The maximum atomic E-state index is 12.2. The normalized spacial score (nSPS) is 27.7. The summed E-state index contributed by atoms with van der Waals surface area (Å²) in [4.78, 5) is 22.9. The predicted molar refractivity (Wildman–Crippen MR) is 109 cm³/mol. The molecule has 0 radical (unpaired) electrons. The highest BCUT2D eigenvalue weighted by Crippen LogP contribution is 2.44. The fraction of sp³-hybridized carbons (Fsp3) is 0.652. The van der Waals surface area contributed by atoms with Gasteiger partial charge in [0.2, 0.25) is 0 Å². The molecule has 2 rings (SSSR count). The highest BCUT2D eigenvalue weighted by molar-refractivity contribution is 5.71. The summed E-state index contributed by atoms with van der Waals surface area (Å²) in [6, 6.07) is 0. The summed E-state index contributed by atoms with van der Waals surface area (Å²) in [5, 5.41) is 18.6. The highest BCUT2D eigenvalue weighted by Gasteiger charge is 2.39. The van der Waals surface area contributed by atoms with Gasteiger partial charge in [-0.1, -0.05) is 51.2 Å². The van der Waals surface area contributed by atoms with Crippen molar-refractivity contribution < 1.29 is 24.5 Å². The first-order chi connectivity index (χ1) is 13.2. The molecule has 0 aromatic heterocycles. The van der Waals surface area contributed by atoms with E-state index in [9.17, 15) is 14.7 Å². The number of aliphatic hydroxyl groups is 1. The monoisotopic (exact) mass is 390 g/mol. The van der Waals surface area contributed by atoms with E-state index in [-0.39, 0.29) is 30.3 Å². The van der Waals surface area contributed by atoms with E-state index in [2.05, 4.69) is 31.7 Å². The Kier molecular flexibility index (Phi) is 8.05. The topological polar surface area (TPSA) is 83.8 Å². The molecular weight excluding hydrogens is 356 g/mol. The van der Waals surface area contributed by atoms with Gasteiger partial charge in [0.25, 0.3) is 0 Å². The van der Waals surface area contributed by atoms with Crippen LogP contribution in [0, 0.1) is 23.7 Å². The number of esters is 1. The zero-order valence-corrected chi connectivity index (χ0v) is 17.3. The van der Waals surface area contributed by atoms with Gasteiger partial charge < -0.3 is 14.9 Å². The molecule has 28 heavy (non-hydrogen) atoms. The Bertz CT molecular complexity index is 645. The first-order valence-corrected chi connectivity index (χ1v) is 10.3. The average molecular weight is 391 g/mol. The molecule has 0 bridgehead atoms. The van der Waals surface area contributed by atoms with Crippen LogP contribution in [0.5, 0.6) is 0 Å². The van der Waals surface area contributed by atoms with Gasteiger partial charge in [0.05, 0.1) is 18.4 Å². The molecule has 2 aliphatic carbocycles. The number of fused-ring (bicyclic) bond motifs is 1. The van der Waals surface area contributed by atoms with E-state index in [4.69, 9.17) is 9.84 Å². The summed E-state index contributed by atoms with van der Waals surface area (Å²) in [6.07, 6.45) is 9.09. The lowest BCUT2D eigenvalue weighted by Crippen LogP contribution is -2.39. The van der Waals surface area contributed by atoms with Crippen LogP contribution in [0.1, 0.15) is 59.3 Å². The lowest BCUT2D eigenvalue weighted by Gasteiger charge is -2.42. The molecule has 0 aromatic rings. The third-order valence-corrected chi connectivity index (χ3v) is 5.85. The Morgan fingerprint density at radius 2 is 2.04 bits per heavy atom. The van der Waals surface area contributed by atoms with Gasteiger partial charge in [0.1, 0.15) is 6.10 Å². The summed E-state index contributed by atoms with van der Waals surface area (Å²) in [5.41, 5.74) is 2.12.